The third-order valence-corrected chi connectivity index (χ3v) is 2.89. The molecule has 0 aliphatic carbocycles. The lowest BCUT2D eigenvalue weighted by Gasteiger charge is -2.25. The number of carboxylic acid groups (broad SMARTS) is 1. The topological polar surface area (TPSA) is 76.5 Å². The Morgan fingerprint density at radius 3 is 2.56 bits per heavy atom. The fourth-order valence-corrected chi connectivity index (χ4v) is 1.74. The highest BCUT2D eigenvalue weighted by Crippen LogP contribution is 2.29. The molecule has 0 saturated carbocycles. The number of carboxylic acids is 1. The quantitative estimate of drug-likeness (QED) is 0.614. The van der Waals surface area contributed by atoms with Gasteiger partial charge in [0.15, 0.2) is 5.41 Å². The summed E-state index contributed by atoms with van der Waals surface area (Å²) in [6.07, 6.45) is 1.78. The van der Waals surface area contributed by atoms with Crippen molar-refractivity contribution >= 4 is 11.9 Å². The number of pyridine rings is 1. The monoisotopic (exact) mass is 251 g/mol. The second kappa shape index (κ2) is 6.14. The Balaban J connectivity index is 3.05. The summed E-state index contributed by atoms with van der Waals surface area (Å²) in [5.41, 5.74) is -0.987. The van der Waals surface area contributed by atoms with Crippen LogP contribution >= 0.6 is 0 Å². The van der Waals surface area contributed by atoms with Crippen molar-refractivity contribution in [2.24, 2.45) is 5.41 Å². The van der Waals surface area contributed by atoms with Crippen LogP contribution in [0.4, 0.5) is 0 Å². The second-order valence-electron chi connectivity index (χ2n) is 3.96. The van der Waals surface area contributed by atoms with Crippen molar-refractivity contribution in [3.63, 3.8) is 0 Å². The van der Waals surface area contributed by atoms with E-state index in [0.29, 0.717) is 5.69 Å². The van der Waals surface area contributed by atoms with Crippen LogP contribution < -0.4 is 0 Å². The molecule has 0 aliphatic heterocycles. The summed E-state index contributed by atoms with van der Waals surface area (Å²) in [6.45, 7) is 3.48. The largest absolute Gasteiger partial charge is 0.480 e. The fourth-order valence-electron chi connectivity index (χ4n) is 1.74. The van der Waals surface area contributed by atoms with E-state index in [1.807, 2.05) is 0 Å². The minimum atomic E-state index is -1.55. The molecule has 1 heterocycles. The summed E-state index contributed by atoms with van der Waals surface area (Å²) < 4.78 is 4.88. The first-order chi connectivity index (χ1) is 8.56. The lowest BCUT2D eigenvalue weighted by molar-refractivity contribution is -0.169. The summed E-state index contributed by atoms with van der Waals surface area (Å²) in [7, 11) is 0. The molecule has 0 aromatic carbocycles. The molecule has 1 aromatic heterocycles. The lowest BCUT2D eigenvalue weighted by atomic mass is 9.80. The van der Waals surface area contributed by atoms with Gasteiger partial charge in [0.1, 0.15) is 0 Å². The van der Waals surface area contributed by atoms with Gasteiger partial charge in [0.25, 0.3) is 0 Å². The molecule has 0 spiro atoms. The molecule has 5 nitrogen and oxygen atoms in total. The van der Waals surface area contributed by atoms with E-state index in [4.69, 9.17) is 4.74 Å². The Hall–Kier alpha value is -1.91. The number of carbonyl (C=O) groups is 2. The molecule has 1 aromatic rings. The van der Waals surface area contributed by atoms with Crippen molar-refractivity contribution < 1.29 is 19.4 Å². The fraction of sp³-hybridized carbons (Fsp3) is 0.462. The SMILES string of the molecule is CCOC(=O)C(CC)(Cc1ccccn1)C(=O)O. The molecule has 98 valence electrons. The highest BCUT2D eigenvalue weighted by Gasteiger charge is 2.46. The van der Waals surface area contributed by atoms with Crippen molar-refractivity contribution in [3.05, 3.63) is 30.1 Å². The van der Waals surface area contributed by atoms with Crippen LogP contribution in [0, 0.1) is 5.41 Å². The van der Waals surface area contributed by atoms with Gasteiger partial charge in [-0.1, -0.05) is 13.0 Å². The average Bonchev–Trinajstić information content (AvgIpc) is 2.37. The van der Waals surface area contributed by atoms with Gasteiger partial charge in [0.2, 0.25) is 0 Å². The highest BCUT2D eigenvalue weighted by molar-refractivity contribution is 5.99. The smallest absolute Gasteiger partial charge is 0.323 e. The number of carbonyl (C=O) groups excluding carboxylic acids is 1. The average molecular weight is 251 g/mol. The third-order valence-electron chi connectivity index (χ3n) is 2.89. The molecule has 1 atom stereocenters. The number of nitrogens with zero attached hydrogens (tertiary/aromatic N) is 1. The maximum atomic E-state index is 11.9. The van der Waals surface area contributed by atoms with E-state index in [1.54, 1.807) is 38.2 Å². The zero-order valence-corrected chi connectivity index (χ0v) is 10.5. The molecule has 0 saturated heterocycles. The lowest BCUT2D eigenvalue weighted by Crippen LogP contribution is -2.42. The summed E-state index contributed by atoms with van der Waals surface area (Å²) in [6, 6.07) is 5.20. The molecule has 0 amide bonds. The predicted octanol–water partition coefficient (Wildman–Crippen LogP) is 1.67. The van der Waals surface area contributed by atoms with Crippen LogP contribution in [0.25, 0.3) is 0 Å². The van der Waals surface area contributed by atoms with Gasteiger partial charge in [-0.2, -0.15) is 0 Å². The first-order valence-electron chi connectivity index (χ1n) is 5.87. The predicted molar refractivity (Wildman–Crippen MR) is 64.9 cm³/mol. The molecule has 0 fully saturated rings. The van der Waals surface area contributed by atoms with E-state index in [1.165, 1.54) is 0 Å². The van der Waals surface area contributed by atoms with E-state index in [9.17, 15) is 14.7 Å². The van der Waals surface area contributed by atoms with Gasteiger partial charge in [-0.3, -0.25) is 14.6 Å². The minimum absolute atomic E-state index is 0.0402. The van der Waals surface area contributed by atoms with Crippen LogP contribution in [-0.2, 0) is 20.7 Å². The second-order valence-corrected chi connectivity index (χ2v) is 3.96. The first-order valence-corrected chi connectivity index (χ1v) is 5.87. The number of aliphatic carboxylic acids is 1. The van der Waals surface area contributed by atoms with Gasteiger partial charge in [-0.25, -0.2) is 0 Å². The number of rotatable bonds is 6. The number of hydrogen-bond donors (Lipinski definition) is 1. The Morgan fingerprint density at radius 2 is 2.11 bits per heavy atom. The molecule has 1 rings (SSSR count). The standard InChI is InChI=1S/C13H17NO4/c1-3-13(11(15)16,12(17)18-4-2)9-10-7-5-6-8-14-10/h5-8H,3-4,9H2,1-2H3,(H,15,16). The zero-order chi connectivity index (χ0) is 13.6. The molecular weight excluding hydrogens is 234 g/mol. The van der Waals surface area contributed by atoms with E-state index in [-0.39, 0.29) is 19.4 Å². The van der Waals surface area contributed by atoms with Gasteiger partial charge in [0.05, 0.1) is 6.61 Å². The van der Waals surface area contributed by atoms with E-state index in [2.05, 4.69) is 4.98 Å². The Labute approximate surface area is 106 Å². The van der Waals surface area contributed by atoms with E-state index < -0.39 is 17.4 Å². The molecule has 0 aliphatic rings. The van der Waals surface area contributed by atoms with E-state index in [0.717, 1.165) is 0 Å². The van der Waals surface area contributed by atoms with Crippen molar-refractivity contribution in [2.75, 3.05) is 6.61 Å². The molecule has 1 unspecified atom stereocenters. The van der Waals surface area contributed by atoms with E-state index >= 15 is 0 Å². The Kier molecular flexibility index (Phi) is 4.83. The minimum Gasteiger partial charge on any atom is -0.480 e. The van der Waals surface area contributed by atoms with Gasteiger partial charge in [-0.05, 0) is 25.5 Å². The van der Waals surface area contributed by atoms with Crippen molar-refractivity contribution in [3.8, 4) is 0 Å². The van der Waals surface area contributed by atoms with Crippen LogP contribution in [0.5, 0.6) is 0 Å². The zero-order valence-electron chi connectivity index (χ0n) is 10.5. The Morgan fingerprint density at radius 1 is 1.39 bits per heavy atom. The maximum absolute atomic E-state index is 11.9. The molecule has 0 radical (unpaired) electrons. The molecule has 0 bridgehead atoms. The molecule has 1 N–H and O–H groups in total. The van der Waals surface area contributed by atoms with Crippen LogP contribution in [0.3, 0.4) is 0 Å². The highest BCUT2D eigenvalue weighted by atomic mass is 16.5. The summed E-state index contributed by atoms with van der Waals surface area (Å²) >= 11 is 0. The number of hydrogen-bond acceptors (Lipinski definition) is 4. The number of aromatic nitrogens is 1. The van der Waals surface area contributed by atoms with Gasteiger partial charge < -0.3 is 9.84 Å². The summed E-state index contributed by atoms with van der Waals surface area (Å²) in [5, 5.41) is 9.35. The number of ether oxygens (including phenoxy) is 1. The van der Waals surface area contributed by atoms with Crippen LogP contribution in [0.2, 0.25) is 0 Å². The van der Waals surface area contributed by atoms with Gasteiger partial charge in [-0.15, -0.1) is 0 Å². The third kappa shape index (κ3) is 2.85. The normalized spacial score (nSPS) is 13.7. The summed E-state index contributed by atoms with van der Waals surface area (Å²) in [4.78, 5) is 27.4. The summed E-state index contributed by atoms with van der Waals surface area (Å²) in [5.74, 6) is -1.88. The van der Waals surface area contributed by atoms with Crippen molar-refractivity contribution in [1.29, 1.82) is 0 Å². The Bertz CT molecular complexity index is 418. The van der Waals surface area contributed by atoms with Gasteiger partial charge >= 0.3 is 11.9 Å². The van der Waals surface area contributed by atoms with Crippen LogP contribution in [-0.4, -0.2) is 28.6 Å². The van der Waals surface area contributed by atoms with Crippen molar-refractivity contribution in [2.45, 2.75) is 26.7 Å². The van der Waals surface area contributed by atoms with Crippen LogP contribution in [0.1, 0.15) is 26.0 Å². The van der Waals surface area contributed by atoms with Gasteiger partial charge in [0, 0.05) is 18.3 Å². The van der Waals surface area contributed by atoms with Crippen LogP contribution in [0.15, 0.2) is 24.4 Å². The molecular formula is C13H17NO4. The van der Waals surface area contributed by atoms with Crippen molar-refractivity contribution in [1.82, 2.24) is 4.98 Å². The first kappa shape index (κ1) is 14.2. The molecule has 18 heavy (non-hydrogen) atoms. The molecule has 5 heteroatoms. The maximum Gasteiger partial charge on any atom is 0.323 e. The number of esters is 1.